The van der Waals surface area contributed by atoms with Gasteiger partial charge in [-0.15, -0.1) is 0 Å². The molecule has 0 radical (unpaired) electrons. The zero-order valence-corrected chi connectivity index (χ0v) is 9.60. The Morgan fingerprint density at radius 2 is 2.00 bits per heavy atom. The maximum absolute atomic E-state index is 12.0. The van der Waals surface area contributed by atoms with Gasteiger partial charge in [0.2, 0.25) is 10.0 Å². The molecule has 0 unspecified atom stereocenters. The van der Waals surface area contributed by atoms with Gasteiger partial charge in [-0.2, -0.15) is 4.31 Å². The molecule has 0 bridgehead atoms. The molecule has 2 rings (SSSR count). The van der Waals surface area contributed by atoms with Crippen LogP contribution in [-0.2, 0) is 10.0 Å². The van der Waals surface area contributed by atoms with Crippen molar-refractivity contribution in [2.45, 2.75) is 38.3 Å². The molecule has 5 heteroatoms. The highest BCUT2D eigenvalue weighted by atomic mass is 32.2. The van der Waals surface area contributed by atoms with Crippen molar-refractivity contribution in [2.24, 2.45) is 0 Å². The monoisotopic (exact) mass is 218 g/mol. The van der Waals surface area contributed by atoms with Gasteiger partial charge >= 0.3 is 0 Å². The first-order valence-electron chi connectivity index (χ1n) is 5.16. The fraction of sp³-hybridized carbons (Fsp3) is 1.00. The number of hydrogen-bond donors (Lipinski definition) is 1. The van der Waals surface area contributed by atoms with Gasteiger partial charge in [-0.1, -0.05) is 0 Å². The molecule has 0 spiro atoms. The van der Waals surface area contributed by atoms with Crippen LogP contribution in [-0.4, -0.2) is 43.1 Å². The molecule has 1 saturated heterocycles. The van der Waals surface area contributed by atoms with E-state index in [1.807, 2.05) is 13.8 Å². The van der Waals surface area contributed by atoms with Gasteiger partial charge < -0.3 is 5.32 Å². The van der Waals surface area contributed by atoms with E-state index in [-0.39, 0.29) is 17.3 Å². The molecule has 0 aromatic rings. The van der Waals surface area contributed by atoms with Crippen LogP contribution in [0, 0.1) is 0 Å². The number of nitrogens with zero attached hydrogens (tertiary/aromatic N) is 1. The van der Waals surface area contributed by atoms with Crippen LogP contribution < -0.4 is 5.32 Å². The highest BCUT2D eigenvalue weighted by Gasteiger charge is 2.46. The Hall–Kier alpha value is -0.130. The first-order chi connectivity index (χ1) is 6.43. The van der Waals surface area contributed by atoms with Crippen molar-refractivity contribution < 1.29 is 8.42 Å². The summed E-state index contributed by atoms with van der Waals surface area (Å²) in [4.78, 5) is 0. The highest BCUT2D eigenvalue weighted by molar-refractivity contribution is 7.89. The minimum atomic E-state index is -3.03. The Kier molecular flexibility index (Phi) is 2.36. The summed E-state index contributed by atoms with van der Waals surface area (Å²) in [5, 5.41) is 3.18. The van der Waals surface area contributed by atoms with Crippen molar-refractivity contribution in [3.63, 3.8) is 0 Å². The zero-order valence-electron chi connectivity index (χ0n) is 8.78. The van der Waals surface area contributed by atoms with Gasteiger partial charge in [0.25, 0.3) is 0 Å². The van der Waals surface area contributed by atoms with Crippen LogP contribution in [0.1, 0.15) is 26.7 Å². The topological polar surface area (TPSA) is 49.4 Å². The second-order valence-electron chi connectivity index (χ2n) is 4.83. The molecule has 1 heterocycles. The number of nitrogens with one attached hydrogen (secondary N) is 1. The lowest BCUT2D eigenvalue weighted by Gasteiger charge is -2.35. The Labute approximate surface area is 85.7 Å². The van der Waals surface area contributed by atoms with Gasteiger partial charge in [-0.05, 0) is 26.7 Å². The fourth-order valence-corrected chi connectivity index (χ4v) is 4.26. The van der Waals surface area contributed by atoms with Crippen LogP contribution >= 0.6 is 0 Å². The minimum Gasteiger partial charge on any atom is -0.314 e. The molecule has 0 atom stereocenters. The quantitative estimate of drug-likeness (QED) is 0.682. The molecule has 4 nitrogen and oxygen atoms in total. The molecular weight excluding hydrogens is 200 g/mol. The smallest absolute Gasteiger partial charge is 0.216 e. The summed E-state index contributed by atoms with van der Waals surface area (Å²) < 4.78 is 25.7. The molecule has 1 N–H and O–H groups in total. The molecule has 0 aromatic carbocycles. The van der Waals surface area contributed by atoms with Crippen molar-refractivity contribution in [1.82, 2.24) is 9.62 Å². The number of rotatable bonds is 1. The van der Waals surface area contributed by atoms with Gasteiger partial charge in [0.15, 0.2) is 0 Å². The number of hydrogen-bond acceptors (Lipinski definition) is 3. The van der Waals surface area contributed by atoms with Crippen molar-refractivity contribution >= 4 is 10.0 Å². The van der Waals surface area contributed by atoms with Gasteiger partial charge in [-0.25, -0.2) is 8.42 Å². The third kappa shape index (κ3) is 1.81. The predicted molar refractivity (Wildman–Crippen MR) is 55.6 cm³/mol. The van der Waals surface area contributed by atoms with Crippen molar-refractivity contribution in [3.05, 3.63) is 0 Å². The van der Waals surface area contributed by atoms with E-state index in [4.69, 9.17) is 0 Å². The SMILES string of the molecule is CC1(C)CNCCS(=O)(=O)N1C1CC1. The lowest BCUT2D eigenvalue weighted by atomic mass is 10.1. The van der Waals surface area contributed by atoms with Crippen LogP contribution in [0.5, 0.6) is 0 Å². The van der Waals surface area contributed by atoms with E-state index in [1.165, 1.54) is 0 Å². The molecular formula is C9H18N2O2S. The fourth-order valence-electron chi connectivity index (χ4n) is 2.18. The number of sulfonamides is 1. The summed E-state index contributed by atoms with van der Waals surface area (Å²) in [6.07, 6.45) is 2.06. The van der Waals surface area contributed by atoms with E-state index in [1.54, 1.807) is 4.31 Å². The lowest BCUT2D eigenvalue weighted by Crippen LogP contribution is -2.51. The van der Waals surface area contributed by atoms with Gasteiger partial charge in [-0.3, -0.25) is 0 Å². The average Bonchev–Trinajstić information content (AvgIpc) is 2.79. The van der Waals surface area contributed by atoms with E-state index in [0.717, 1.165) is 19.4 Å². The molecule has 2 fully saturated rings. The zero-order chi connectivity index (χ0) is 10.4. The molecule has 1 aliphatic carbocycles. The maximum atomic E-state index is 12.0. The molecule has 14 heavy (non-hydrogen) atoms. The van der Waals surface area contributed by atoms with Crippen molar-refractivity contribution in [3.8, 4) is 0 Å². The Bertz CT molecular complexity index is 320. The third-order valence-electron chi connectivity index (χ3n) is 2.87. The Morgan fingerprint density at radius 1 is 1.36 bits per heavy atom. The first kappa shape index (κ1) is 10.4. The normalized spacial score (nSPS) is 32.4. The van der Waals surface area contributed by atoms with E-state index >= 15 is 0 Å². The summed E-state index contributed by atoms with van der Waals surface area (Å²) >= 11 is 0. The molecule has 2 aliphatic rings. The Morgan fingerprint density at radius 3 is 2.57 bits per heavy atom. The molecule has 1 saturated carbocycles. The molecule has 82 valence electrons. The van der Waals surface area contributed by atoms with Crippen LogP contribution in [0.2, 0.25) is 0 Å². The third-order valence-corrected chi connectivity index (χ3v) is 4.98. The summed E-state index contributed by atoms with van der Waals surface area (Å²) in [6.45, 7) is 5.33. The van der Waals surface area contributed by atoms with Gasteiger partial charge in [0.1, 0.15) is 0 Å². The van der Waals surface area contributed by atoms with Crippen LogP contribution in [0.3, 0.4) is 0 Å². The second kappa shape index (κ2) is 3.18. The van der Waals surface area contributed by atoms with E-state index < -0.39 is 10.0 Å². The predicted octanol–water partition coefficient (Wildman–Crippen LogP) is 0.162. The minimum absolute atomic E-state index is 0.243. The van der Waals surface area contributed by atoms with Crippen LogP contribution in [0.4, 0.5) is 0 Å². The Balaban J connectivity index is 2.34. The summed E-state index contributed by atoms with van der Waals surface area (Å²) in [5.41, 5.74) is -0.267. The van der Waals surface area contributed by atoms with Gasteiger partial charge in [0.05, 0.1) is 5.75 Å². The van der Waals surface area contributed by atoms with E-state index in [0.29, 0.717) is 6.54 Å². The first-order valence-corrected chi connectivity index (χ1v) is 6.77. The summed E-state index contributed by atoms with van der Waals surface area (Å²) in [7, 11) is -3.03. The maximum Gasteiger partial charge on any atom is 0.216 e. The van der Waals surface area contributed by atoms with E-state index in [9.17, 15) is 8.42 Å². The summed E-state index contributed by atoms with van der Waals surface area (Å²) in [6, 6.07) is 0.273. The van der Waals surface area contributed by atoms with Crippen LogP contribution in [0.15, 0.2) is 0 Å². The van der Waals surface area contributed by atoms with E-state index in [2.05, 4.69) is 5.32 Å². The second-order valence-corrected chi connectivity index (χ2v) is 6.80. The standard InChI is InChI=1S/C9H18N2O2S/c1-9(2)7-10-5-6-14(12,13)11(9)8-3-4-8/h8,10H,3-7H2,1-2H3. The van der Waals surface area contributed by atoms with Crippen molar-refractivity contribution in [2.75, 3.05) is 18.8 Å². The van der Waals surface area contributed by atoms with Crippen molar-refractivity contribution in [1.29, 1.82) is 0 Å². The van der Waals surface area contributed by atoms with Gasteiger partial charge in [0, 0.05) is 24.7 Å². The largest absolute Gasteiger partial charge is 0.314 e. The highest BCUT2D eigenvalue weighted by Crippen LogP contribution is 2.36. The molecule has 0 amide bonds. The lowest BCUT2D eigenvalue weighted by molar-refractivity contribution is 0.222. The summed E-state index contributed by atoms with van der Waals surface area (Å²) in [5.74, 6) is 0.243. The van der Waals surface area contributed by atoms with Crippen LogP contribution in [0.25, 0.3) is 0 Å². The molecule has 1 aliphatic heterocycles. The average molecular weight is 218 g/mol. The molecule has 0 aromatic heterocycles.